The molecule has 1 amide bonds. The lowest BCUT2D eigenvalue weighted by Crippen LogP contribution is -2.30. The van der Waals surface area contributed by atoms with Gasteiger partial charge < -0.3 is 4.90 Å². The molecule has 0 saturated carbocycles. The first-order valence-corrected chi connectivity index (χ1v) is 5.89. The number of carbonyl (C=O) groups is 1. The Labute approximate surface area is 110 Å². The van der Waals surface area contributed by atoms with Gasteiger partial charge in [0.25, 0.3) is 5.91 Å². The number of amides is 1. The first kappa shape index (κ1) is 13.1. The van der Waals surface area contributed by atoms with Crippen LogP contribution in [0.2, 0.25) is 0 Å². The van der Waals surface area contributed by atoms with Crippen molar-refractivity contribution in [1.29, 1.82) is 0 Å². The fourth-order valence-electron chi connectivity index (χ4n) is 1.78. The second kappa shape index (κ2) is 5.56. The van der Waals surface area contributed by atoms with E-state index in [1.54, 1.807) is 25.5 Å². The van der Waals surface area contributed by atoms with E-state index in [0.29, 0.717) is 0 Å². The Bertz CT molecular complexity index is 574. The maximum absolute atomic E-state index is 13.5. The third-order valence-corrected chi connectivity index (χ3v) is 3.08. The van der Waals surface area contributed by atoms with Crippen molar-refractivity contribution < 1.29 is 9.18 Å². The Balaban J connectivity index is 2.23. The van der Waals surface area contributed by atoms with Crippen molar-refractivity contribution in [2.75, 3.05) is 7.05 Å². The Hall–Kier alpha value is -2.30. The van der Waals surface area contributed by atoms with Crippen LogP contribution in [-0.4, -0.2) is 27.8 Å². The van der Waals surface area contributed by atoms with Crippen LogP contribution in [0.5, 0.6) is 0 Å². The third-order valence-electron chi connectivity index (χ3n) is 3.08. The number of hydrogen-bond donors (Lipinski definition) is 0. The molecule has 1 atom stereocenters. The van der Waals surface area contributed by atoms with E-state index in [0.717, 1.165) is 5.56 Å². The normalized spacial score (nSPS) is 11.9. The Kier molecular flexibility index (Phi) is 3.85. The molecule has 1 unspecified atom stereocenters. The monoisotopic (exact) mass is 259 g/mol. The van der Waals surface area contributed by atoms with Crippen molar-refractivity contribution in [3.05, 3.63) is 59.9 Å². The molecule has 4 nitrogen and oxygen atoms in total. The summed E-state index contributed by atoms with van der Waals surface area (Å²) in [4.78, 5) is 21.1. The van der Waals surface area contributed by atoms with Gasteiger partial charge in [-0.1, -0.05) is 0 Å². The van der Waals surface area contributed by atoms with E-state index in [9.17, 15) is 9.18 Å². The van der Waals surface area contributed by atoms with Gasteiger partial charge in [-0.3, -0.25) is 9.78 Å². The van der Waals surface area contributed by atoms with E-state index < -0.39 is 11.9 Å². The van der Waals surface area contributed by atoms with E-state index in [4.69, 9.17) is 0 Å². The smallest absolute Gasteiger partial charge is 0.258 e. The fourth-order valence-corrected chi connectivity index (χ4v) is 1.78. The number of rotatable bonds is 3. The summed E-state index contributed by atoms with van der Waals surface area (Å²) in [7, 11) is 1.64. The molecule has 0 fully saturated rings. The zero-order valence-electron chi connectivity index (χ0n) is 10.7. The highest BCUT2D eigenvalue weighted by Gasteiger charge is 2.21. The molecular weight excluding hydrogens is 245 g/mol. The van der Waals surface area contributed by atoms with Crippen molar-refractivity contribution in [2.24, 2.45) is 0 Å². The summed E-state index contributed by atoms with van der Waals surface area (Å²) < 4.78 is 13.5. The summed E-state index contributed by atoms with van der Waals surface area (Å²) in [5, 5.41) is 0. The highest BCUT2D eigenvalue weighted by Crippen LogP contribution is 2.20. The first-order valence-electron chi connectivity index (χ1n) is 5.89. The molecule has 0 saturated heterocycles. The molecular formula is C14H14FN3O. The van der Waals surface area contributed by atoms with Crippen LogP contribution in [-0.2, 0) is 0 Å². The summed E-state index contributed by atoms with van der Waals surface area (Å²) in [5.74, 6) is -1.14. The molecule has 0 bridgehead atoms. The van der Waals surface area contributed by atoms with Crippen LogP contribution >= 0.6 is 0 Å². The van der Waals surface area contributed by atoms with Gasteiger partial charge in [-0.2, -0.15) is 4.39 Å². The minimum atomic E-state index is -0.749. The summed E-state index contributed by atoms with van der Waals surface area (Å²) in [6.45, 7) is 1.88. The predicted octanol–water partition coefficient (Wildman–Crippen LogP) is 2.45. The van der Waals surface area contributed by atoms with Crippen LogP contribution < -0.4 is 0 Å². The Morgan fingerprint density at radius 3 is 2.58 bits per heavy atom. The SMILES string of the molecule is CC(c1ccncc1)N(C)C(=O)c1cccnc1F. The Morgan fingerprint density at radius 2 is 1.95 bits per heavy atom. The van der Waals surface area contributed by atoms with Crippen LogP contribution in [0.25, 0.3) is 0 Å². The largest absolute Gasteiger partial charge is 0.335 e. The summed E-state index contributed by atoms with van der Waals surface area (Å²) in [5.41, 5.74) is 0.918. The zero-order valence-corrected chi connectivity index (χ0v) is 10.7. The molecule has 0 aliphatic carbocycles. The van der Waals surface area contributed by atoms with Crippen molar-refractivity contribution in [2.45, 2.75) is 13.0 Å². The fraction of sp³-hybridized carbons (Fsp3) is 0.214. The number of hydrogen-bond acceptors (Lipinski definition) is 3. The number of carbonyl (C=O) groups excluding carboxylic acids is 1. The number of pyridine rings is 2. The van der Waals surface area contributed by atoms with Crippen molar-refractivity contribution in [3.63, 3.8) is 0 Å². The lowest BCUT2D eigenvalue weighted by molar-refractivity contribution is 0.0737. The van der Waals surface area contributed by atoms with E-state index in [-0.39, 0.29) is 11.6 Å². The van der Waals surface area contributed by atoms with Crippen molar-refractivity contribution in [1.82, 2.24) is 14.9 Å². The average Bonchev–Trinajstić information content (AvgIpc) is 2.46. The summed E-state index contributed by atoms with van der Waals surface area (Å²) in [6.07, 6.45) is 4.64. The van der Waals surface area contributed by atoms with Gasteiger partial charge in [-0.25, -0.2) is 4.98 Å². The lowest BCUT2D eigenvalue weighted by atomic mass is 10.1. The predicted molar refractivity (Wildman–Crippen MR) is 68.9 cm³/mol. The average molecular weight is 259 g/mol. The van der Waals surface area contributed by atoms with Gasteiger partial charge in [0.05, 0.1) is 11.6 Å². The van der Waals surface area contributed by atoms with Crippen LogP contribution in [0, 0.1) is 5.95 Å². The zero-order chi connectivity index (χ0) is 13.8. The van der Waals surface area contributed by atoms with E-state index in [1.807, 2.05) is 19.1 Å². The van der Waals surface area contributed by atoms with Gasteiger partial charge in [-0.05, 0) is 36.8 Å². The molecule has 19 heavy (non-hydrogen) atoms. The van der Waals surface area contributed by atoms with E-state index in [1.165, 1.54) is 17.2 Å². The van der Waals surface area contributed by atoms with Crippen molar-refractivity contribution in [3.8, 4) is 0 Å². The quantitative estimate of drug-likeness (QED) is 0.795. The van der Waals surface area contributed by atoms with Gasteiger partial charge in [-0.15, -0.1) is 0 Å². The topological polar surface area (TPSA) is 46.1 Å². The minimum absolute atomic E-state index is 0.0223. The molecule has 0 radical (unpaired) electrons. The highest BCUT2D eigenvalue weighted by atomic mass is 19.1. The lowest BCUT2D eigenvalue weighted by Gasteiger charge is -2.25. The van der Waals surface area contributed by atoms with Gasteiger partial charge in [0, 0.05) is 25.6 Å². The molecule has 2 aromatic rings. The second-order valence-electron chi connectivity index (χ2n) is 4.21. The number of halogens is 1. The van der Waals surface area contributed by atoms with E-state index in [2.05, 4.69) is 9.97 Å². The minimum Gasteiger partial charge on any atom is -0.335 e. The second-order valence-corrected chi connectivity index (χ2v) is 4.21. The highest BCUT2D eigenvalue weighted by molar-refractivity contribution is 5.94. The Morgan fingerprint density at radius 1 is 1.26 bits per heavy atom. The summed E-state index contributed by atoms with van der Waals surface area (Å²) >= 11 is 0. The van der Waals surface area contributed by atoms with Crippen LogP contribution in [0.4, 0.5) is 4.39 Å². The van der Waals surface area contributed by atoms with Gasteiger partial charge in [0.2, 0.25) is 5.95 Å². The molecule has 2 aromatic heterocycles. The third kappa shape index (κ3) is 2.76. The molecule has 0 aliphatic heterocycles. The molecule has 98 valence electrons. The van der Waals surface area contributed by atoms with E-state index >= 15 is 0 Å². The van der Waals surface area contributed by atoms with Crippen LogP contribution in [0.1, 0.15) is 28.9 Å². The molecule has 0 N–H and O–H groups in total. The number of nitrogens with zero attached hydrogens (tertiary/aromatic N) is 3. The molecule has 0 aromatic carbocycles. The van der Waals surface area contributed by atoms with Crippen molar-refractivity contribution >= 4 is 5.91 Å². The van der Waals surface area contributed by atoms with Gasteiger partial charge >= 0.3 is 0 Å². The maximum atomic E-state index is 13.5. The molecule has 0 aliphatic rings. The van der Waals surface area contributed by atoms with Crippen LogP contribution in [0.3, 0.4) is 0 Å². The molecule has 0 spiro atoms. The maximum Gasteiger partial charge on any atom is 0.258 e. The molecule has 2 rings (SSSR count). The summed E-state index contributed by atoms with van der Waals surface area (Å²) in [6, 6.07) is 6.46. The number of aromatic nitrogens is 2. The van der Waals surface area contributed by atoms with Gasteiger partial charge in [0.1, 0.15) is 0 Å². The standard InChI is InChI=1S/C14H14FN3O/c1-10(11-5-8-16-9-6-11)18(2)14(19)12-4-3-7-17-13(12)15/h3-10H,1-2H3. The molecule has 2 heterocycles. The van der Waals surface area contributed by atoms with Crippen LogP contribution in [0.15, 0.2) is 42.9 Å². The first-order chi connectivity index (χ1) is 9.11. The molecule has 5 heteroatoms. The van der Waals surface area contributed by atoms with Gasteiger partial charge in [0.15, 0.2) is 0 Å².